The summed E-state index contributed by atoms with van der Waals surface area (Å²) in [4.78, 5) is 33.9. The van der Waals surface area contributed by atoms with Gasteiger partial charge in [0.25, 0.3) is 5.91 Å². The highest BCUT2D eigenvalue weighted by atomic mass is 16.7. The summed E-state index contributed by atoms with van der Waals surface area (Å²) in [5, 5.41) is 22.2. The fourth-order valence-corrected chi connectivity index (χ4v) is 3.89. The summed E-state index contributed by atoms with van der Waals surface area (Å²) in [5.41, 5.74) is 6.95. The van der Waals surface area contributed by atoms with Gasteiger partial charge in [0.15, 0.2) is 0 Å². The van der Waals surface area contributed by atoms with E-state index in [0.717, 1.165) is 17.7 Å². The normalized spacial score (nSPS) is 22.8. The topological polar surface area (TPSA) is 133 Å². The highest BCUT2D eigenvalue weighted by Crippen LogP contribution is 2.34. The molecular formula is C21H22N4O5. The first-order chi connectivity index (χ1) is 14.6. The molecule has 1 aliphatic carbocycles. The van der Waals surface area contributed by atoms with Crippen LogP contribution < -0.4 is 16.3 Å². The van der Waals surface area contributed by atoms with Crippen molar-refractivity contribution < 1.29 is 24.7 Å². The Balaban J connectivity index is 1.46. The monoisotopic (exact) mass is 410 g/mol. The number of aromatic hydroxyl groups is 1. The van der Waals surface area contributed by atoms with E-state index in [0.29, 0.717) is 18.4 Å². The molecule has 4 rings (SSSR count). The Morgan fingerprint density at radius 3 is 2.70 bits per heavy atom. The van der Waals surface area contributed by atoms with Gasteiger partial charge in [0.2, 0.25) is 5.91 Å². The van der Waals surface area contributed by atoms with Gasteiger partial charge in [-0.05, 0) is 43.2 Å². The summed E-state index contributed by atoms with van der Waals surface area (Å²) in [5.74, 6) is -1.43. The number of phenols is 1. The maximum atomic E-state index is 12.6. The first-order valence-corrected chi connectivity index (χ1v) is 9.68. The van der Waals surface area contributed by atoms with Gasteiger partial charge in [-0.1, -0.05) is 12.5 Å². The van der Waals surface area contributed by atoms with Gasteiger partial charge in [-0.3, -0.25) is 30.1 Å². The van der Waals surface area contributed by atoms with Gasteiger partial charge in [0.1, 0.15) is 11.9 Å². The van der Waals surface area contributed by atoms with Crippen molar-refractivity contribution in [1.82, 2.24) is 21.3 Å². The number of hydrogen-bond acceptors (Lipinski definition) is 7. The van der Waals surface area contributed by atoms with Crippen LogP contribution in [0, 0.1) is 5.92 Å². The van der Waals surface area contributed by atoms with Crippen LogP contribution in [0.4, 0.5) is 0 Å². The fraction of sp³-hybridized carbons (Fsp3) is 0.286. The van der Waals surface area contributed by atoms with Gasteiger partial charge in [-0.2, -0.15) is 0 Å². The molecule has 0 spiro atoms. The number of rotatable bonds is 5. The minimum atomic E-state index is -0.516. The molecule has 2 amide bonds. The van der Waals surface area contributed by atoms with E-state index in [2.05, 4.69) is 15.8 Å². The molecule has 9 nitrogen and oxygen atoms in total. The number of benzene rings is 1. The molecule has 1 aliphatic heterocycles. The van der Waals surface area contributed by atoms with Gasteiger partial charge in [0, 0.05) is 35.1 Å². The molecule has 2 aromatic rings. The van der Waals surface area contributed by atoms with Gasteiger partial charge >= 0.3 is 0 Å². The second-order valence-corrected chi connectivity index (χ2v) is 7.32. The van der Waals surface area contributed by atoms with Crippen LogP contribution >= 0.6 is 0 Å². The van der Waals surface area contributed by atoms with Crippen molar-refractivity contribution in [3.05, 3.63) is 65.5 Å². The van der Waals surface area contributed by atoms with Crippen molar-refractivity contribution in [2.24, 2.45) is 5.92 Å². The summed E-state index contributed by atoms with van der Waals surface area (Å²) >= 11 is 0. The average Bonchev–Trinajstić information content (AvgIpc) is 3.43. The van der Waals surface area contributed by atoms with Crippen LogP contribution in [0.1, 0.15) is 46.9 Å². The summed E-state index contributed by atoms with van der Waals surface area (Å²) < 4.78 is 0. The number of amides is 2. The smallest absolute Gasteiger partial charge is 0.251 e. The van der Waals surface area contributed by atoms with E-state index in [1.807, 2.05) is 18.2 Å². The van der Waals surface area contributed by atoms with Crippen molar-refractivity contribution in [2.45, 2.75) is 31.4 Å². The lowest BCUT2D eigenvalue weighted by Gasteiger charge is -2.19. The summed E-state index contributed by atoms with van der Waals surface area (Å²) in [7, 11) is 0. The highest BCUT2D eigenvalue weighted by molar-refractivity contribution is 5.95. The van der Waals surface area contributed by atoms with Gasteiger partial charge in [-0.15, -0.1) is 0 Å². The maximum absolute atomic E-state index is 12.6. The lowest BCUT2D eigenvalue weighted by molar-refractivity contribution is -0.133. The van der Waals surface area contributed by atoms with E-state index >= 15 is 0 Å². The number of hydroxylamine groups is 2. The molecule has 9 heteroatoms. The zero-order valence-corrected chi connectivity index (χ0v) is 16.0. The highest BCUT2D eigenvalue weighted by Gasteiger charge is 2.34. The molecule has 3 atom stereocenters. The quantitative estimate of drug-likeness (QED) is 0.375. The van der Waals surface area contributed by atoms with Crippen LogP contribution in [-0.2, 0) is 9.63 Å². The van der Waals surface area contributed by atoms with Gasteiger partial charge < -0.3 is 10.4 Å². The Bertz CT molecular complexity index is 979. The molecule has 30 heavy (non-hydrogen) atoms. The predicted molar refractivity (Wildman–Crippen MR) is 106 cm³/mol. The van der Waals surface area contributed by atoms with Crippen molar-refractivity contribution in [2.75, 3.05) is 0 Å². The minimum Gasteiger partial charge on any atom is -0.508 e. The Morgan fingerprint density at radius 2 is 1.97 bits per heavy atom. The summed E-state index contributed by atoms with van der Waals surface area (Å²) in [6.45, 7) is 0. The zero-order valence-electron chi connectivity index (χ0n) is 16.0. The van der Waals surface area contributed by atoms with Crippen molar-refractivity contribution in [3.63, 3.8) is 0 Å². The molecule has 0 bridgehead atoms. The van der Waals surface area contributed by atoms with E-state index in [9.17, 15) is 14.7 Å². The number of carbonyl (C=O) groups excluding carboxylic acids is 2. The number of nitrogens with one attached hydrogen (secondary N) is 3. The van der Waals surface area contributed by atoms with E-state index in [1.165, 1.54) is 6.07 Å². The lowest BCUT2D eigenvalue weighted by atomic mass is 10.0. The molecule has 156 valence electrons. The molecule has 2 heterocycles. The molecular weight excluding hydrogens is 388 g/mol. The number of phenolic OH excluding ortho intramolecular Hbond substituents is 1. The molecule has 1 aromatic heterocycles. The number of nitrogens with zero attached hydrogens (tertiary/aromatic N) is 1. The number of carbonyl (C=O) groups is 2. The predicted octanol–water partition coefficient (Wildman–Crippen LogP) is 1.81. The van der Waals surface area contributed by atoms with E-state index in [-0.39, 0.29) is 17.4 Å². The Labute approximate surface area is 172 Å². The Kier molecular flexibility index (Phi) is 5.64. The molecule has 0 saturated heterocycles. The fourth-order valence-electron chi connectivity index (χ4n) is 3.89. The molecule has 5 N–H and O–H groups in total. The Hall–Kier alpha value is -3.43. The van der Waals surface area contributed by atoms with Crippen molar-refractivity contribution >= 4 is 17.5 Å². The lowest BCUT2D eigenvalue weighted by Crippen LogP contribution is -2.43. The second-order valence-electron chi connectivity index (χ2n) is 7.32. The van der Waals surface area contributed by atoms with Crippen LogP contribution in [0.15, 0.2) is 48.8 Å². The molecule has 1 aromatic carbocycles. The van der Waals surface area contributed by atoms with E-state index < -0.39 is 23.8 Å². The third-order valence-electron chi connectivity index (χ3n) is 5.48. The van der Waals surface area contributed by atoms with Crippen LogP contribution in [-0.4, -0.2) is 33.2 Å². The second kappa shape index (κ2) is 8.52. The largest absolute Gasteiger partial charge is 0.508 e. The zero-order chi connectivity index (χ0) is 21.1. The van der Waals surface area contributed by atoms with Crippen molar-refractivity contribution in [1.29, 1.82) is 0 Å². The maximum Gasteiger partial charge on any atom is 0.251 e. The Morgan fingerprint density at radius 1 is 1.17 bits per heavy atom. The molecule has 0 radical (unpaired) electrons. The number of aromatic nitrogens is 1. The molecule has 3 unspecified atom stereocenters. The number of hydrogen-bond donors (Lipinski definition) is 5. The third kappa shape index (κ3) is 3.98. The van der Waals surface area contributed by atoms with Gasteiger partial charge in [0.05, 0.1) is 11.6 Å². The van der Waals surface area contributed by atoms with Crippen molar-refractivity contribution in [3.8, 4) is 5.75 Å². The average molecular weight is 410 g/mol. The molecule has 1 fully saturated rings. The van der Waals surface area contributed by atoms with Crippen LogP contribution in [0.3, 0.4) is 0 Å². The van der Waals surface area contributed by atoms with Crippen LogP contribution in [0.2, 0.25) is 0 Å². The van der Waals surface area contributed by atoms with Gasteiger partial charge in [-0.25, -0.2) is 5.48 Å². The molecule has 2 aliphatic rings. The van der Waals surface area contributed by atoms with E-state index in [4.69, 9.17) is 10.0 Å². The summed E-state index contributed by atoms with van der Waals surface area (Å²) in [6.07, 6.45) is 6.70. The minimum absolute atomic E-state index is 0.0715. The summed E-state index contributed by atoms with van der Waals surface area (Å²) in [6, 6.07) is 7.93. The standard InChI is InChI=1S/C21H22N4O5/c26-18-10-13(20(27)23-16-3-1-2-14(16)21(28)24-29)4-5-15(18)19-11-17(25-30-19)12-6-8-22-9-7-12/h4-11,14,16,19,25-26,29H,1-3H2,(H,23,27)(H,24,28). The first kappa shape index (κ1) is 19.9. The van der Waals surface area contributed by atoms with E-state index in [1.54, 1.807) is 30.0 Å². The van der Waals surface area contributed by atoms with Crippen LogP contribution in [0.5, 0.6) is 5.75 Å². The first-order valence-electron chi connectivity index (χ1n) is 9.68. The SMILES string of the molecule is O=C(NC1CCCC1C(=O)NO)c1ccc(C2C=C(c3ccncc3)NO2)c(O)c1. The molecule has 1 saturated carbocycles. The van der Waals surface area contributed by atoms with Crippen LogP contribution in [0.25, 0.3) is 5.70 Å². The third-order valence-corrected chi connectivity index (χ3v) is 5.48. The number of pyridine rings is 1.